The summed E-state index contributed by atoms with van der Waals surface area (Å²) in [6, 6.07) is 0. The number of rotatable bonds is 11. The van der Waals surface area contributed by atoms with Crippen LogP contribution in [0.15, 0.2) is 0 Å². The average Bonchev–Trinajstić information content (AvgIpc) is 2.28. The topological polar surface area (TPSA) is 0 Å². The number of hydrogen-bond donors (Lipinski definition) is 0. The molecular weight excluding hydrogens is 232 g/mol. The molecule has 98 valence electrons. The lowest BCUT2D eigenvalue weighted by atomic mass is 9.92. The molecule has 0 aromatic rings. The second-order valence-corrected chi connectivity index (χ2v) is 7.57. The number of hydrogen-bond acceptors (Lipinski definition) is 2. The maximum Gasteiger partial charge on any atom is 0.0151 e. The third-order valence-corrected chi connectivity index (χ3v) is 5.64. The van der Waals surface area contributed by atoms with Crippen LogP contribution in [0.4, 0.5) is 0 Å². The van der Waals surface area contributed by atoms with Crippen LogP contribution in [0, 0.1) is 5.92 Å². The van der Waals surface area contributed by atoms with Crippen LogP contribution in [-0.2, 0) is 0 Å². The first-order valence-corrected chi connectivity index (χ1v) is 9.57. The van der Waals surface area contributed by atoms with Gasteiger partial charge >= 0.3 is 0 Å². The minimum Gasteiger partial charge on any atom is -0.0973 e. The molecule has 0 rings (SSSR count). The van der Waals surface area contributed by atoms with Crippen molar-refractivity contribution in [2.24, 2.45) is 5.92 Å². The Morgan fingerprint density at radius 1 is 0.875 bits per heavy atom. The van der Waals surface area contributed by atoms with Crippen molar-refractivity contribution in [3.63, 3.8) is 0 Å². The van der Waals surface area contributed by atoms with E-state index in [-0.39, 0.29) is 0 Å². The molecule has 0 fully saturated rings. The van der Waals surface area contributed by atoms with E-state index in [2.05, 4.69) is 37.8 Å². The molecule has 0 saturated heterocycles. The molecule has 0 aliphatic carbocycles. The van der Waals surface area contributed by atoms with Gasteiger partial charge in [-0.15, -0.1) is 0 Å². The van der Waals surface area contributed by atoms with E-state index in [1.54, 1.807) is 0 Å². The summed E-state index contributed by atoms with van der Waals surface area (Å²) >= 11 is 0. The third kappa shape index (κ3) is 8.81. The van der Waals surface area contributed by atoms with Gasteiger partial charge in [-0.1, -0.05) is 80.9 Å². The Labute approximate surface area is 111 Å². The summed E-state index contributed by atoms with van der Waals surface area (Å²) in [4.78, 5) is 0. The van der Waals surface area contributed by atoms with Crippen molar-refractivity contribution < 1.29 is 0 Å². The van der Waals surface area contributed by atoms with E-state index in [0.29, 0.717) is 0 Å². The summed E-state index contributed by atoms with van der Waals surface area (Å²) in [6.07, 6.45) is 13.5. The Bertz CT molecular complexity index is 127. The number of unbranched alkanes of at least 4 members (excludes halogenated alkanes) is 4. The molecule has 0 aliphatic heterocycles. The summed E-state index contributed by atoms with van der Waals surface area (Å²) in [7, 11) is 4.01. The summed E-state index contributed by atoms with van der Waals surface area (Å²) in [5, 5.41) is 0.837. The maximum atomic E-state index is 2.42. The minimum absolute atomic E-state index is 0.837. The highest BCUT2D eigenvalue weighted by Crippen LogP contribution is 2.34. The van der Waals surface area contributed by atoms with Crippen molar-refractivity contribution in [2.75, 3.05) is 6.26 Å². The minimum atomic E-state index is 0.837. The average molecular weight is 263 g/mol. The molecule has 0 saturated carbocycles. The van der Waals surface area contributed by atoms with E-state index in [0.717, 1.165) is 11.2 Å². The van der Waals surface area contributed by atoms with Gasteiger partial charge in [0.1, 0.15) is 0 Å². The molecule has 0 amide bonds. The maximum absolute atomic E-state index is 2.42. The SMILES string of the molecule is CCCCCC(CCCCC)C(C)SSC. The molecule has 0 aliphatic rings. The van der Waals surface area contributed by atoms with Crippen molar-refractivity contribution in [1.29, 1.82) is 0 Å². The molecule has 0 aromatic heterocycles. The summed E-state index contributed by atoms with van der Waals surface area (Å²) in [6.45, 7) is 7.02. The van der Waals surface area contributed by atoms with Gasteiger partial charge in [0.05, 0.1) is 0 Å². The molecule has 0 radical (unpaired) electrons. The zero-order valence-corrected chi connectivity index (χ0v) is 13.3. The smallest absolute Gasteiger partial charge is 0.0151 e. The lowest BCUT2D eigenvalue weighted by molar-refractivity contribution is 0.409. The Morgan fingerprint density at radius 2 is 1.38 bits per heavy atom. The zero-order chi connectivity index (χ0) is 12.2. The van der Waals surface area contributed by atoms with E-state index >= 15 is 0 Å². The Morgan fingerprint density at radius 3 is 1.75 bits per heavy atom. The summed E-state index contributed by atoms with van der Waals surface area (Å²) in [5.74, 6) is 0.954. The van der Waals surface area contributed by atoms with E-state index in [1.165, 1.54) is 51.4 Å². The van der Waals surface area contributed by atoms with Gasteiger partial charge in [0, 0.05) is 5.25 Å². The van der Waals surface area contributed by atoms with E-state index in [1.807, 2.05) is 10.8 Å². The Hall–Kier alpha value is 0.700. The van der Waals surface area contributed by atoms with Crippen molar-refractivity contribution in [2.45, 2.75) is 77.4 Å². The van der Waals surface area contributed by atoms with Gasteiger partial charge in [-0.25, -0.2) is 0 Å². The van der Waals surface area contributed by atoms with Crippen LogP contribution in [0.3, 0.4) is 0 Å². The Kier molecular flexibility index (Phi) is 12.7. The zero-order valence-electron chi connectivity index (χ0n) is 11.6. The fourth-order valence-electron chi connectivity index (χ4n) is 2.16. The van der Waals surface area contributed by atoms with Gasteiger partial charge < -0.3 is 0 Å². The highest BCUT2D eigenvalue weighted by molar-refractivity contribution is 8.76. The van der Waals surface area contributed by atoms with Crippen LogP contribution < -0.4 is 0 Å². The van der Waals surface area contributed by atoms with Crippen LogP contribution in [0.25, 0.3) is 0 Å². The van der Waals surface area contributed by atoms with Crippen molar-refractivity contribution >= 4 is 21.6 Å². The lowest BCUT2D eigenvalue weighted by Gasteiger charge is -2.22. The van der Waals surface area contributed by atoms with Crippen molar-refractivity contribution in [3.05, 3.63) is 0 Å². The molecule has 0 spiro atoms. The Balaban J connectivity index is 3.84. The predicted molar refractivity (Wildman–Crippen MR) is 82.3 cm³/mol. The standard InChI is InChI=1S/C14H30S2/c1-5-7-9-11-14(12-10-8-6-2)13(3)16-15-4/h13-14H,5-12H2,1-4H3. The fraction of sp³-hybridized carbons (Fsp3) is 1.00. The first-order chi connectivity index (χ1) is 7.76. The monoisotopic (exact) mass is 262 g/mol. The fourth-order valence-corrected chi connectivity index (χ4v) is 4.27. The molecule has 16 heavy (non-hydrogen) atoms. The molecule has 0 heterocycles. The molecule has 0 nitrogen and oxygen atoms in total. The van der Waals surface area contributed by atoms with Crippen molar-refractivity contribution in [1.82, 2.24) is 0 Å². The van der Waals surface area contributed by atoms with Gasteiger partial charge in [-0.2, -0.15) is 0 Å². The van der Waals surface area contributed by atoms with Gasteiger partial charge in [0.15, 0.2) is 0 Å². The second kappa shape index (κ2) is 12.2. The molecule has 1 atom stereocenters. The van der Waals surface area contributed by atoms with E-state index < -0.39 is 0 Å². The van der Waals surface area contributed by atoms with Gasteiger partial charge in [-0.05, 0) is 25.0 Å². The summed E-state index contributed by atoms with van der Waals surface area (Å²) < 4.78 is 0. The van der Waals surface area contributed by atoms with Gasteiger partial charge in [-0.3, -0.25) is 0 Å². The quantitative estimate of drug-likeness (QED) is 0.323. The van der Waals surface area contributed by atoms with Crippen LogP contribution in [-0.4, -0.2) is 11.5 Å². The van der Waals surface area contributed by atoms with E-state index in [9.17, 15) is 0 Å². The van der Waals surface area contributed by atoms with Gasteiger partial charge in [0.25, 0.3) is 0 Å². The largest absolute Gasteiger partial charge is 0.0973 e. The first kappa shape index (κ1) is 16.7. The first-order valence-electron chi connectivity index (χ1n) is 6.95. The van der Waals surface area contributed by atoms with Crippen molar-refractivity contribution in [3.8, 4) is 0 Å². The van der Waals surface area contributed by atoms with Gasteiger partial charge in [0.2, 0.25) is 0 Å². The van der Waals surface area contributed by atoms with Crippen LogP contribution in [0.5, 0.6) is 0 Å². The molecule has 0 aromatic carbocycles. The molecule has 2 heteroatoms. The van der Waals surface area contributed by atoms with E-state index in [4.69, 9.17) is 0 Å². The lowest BCUT2D eigenvalue weighted by Crippen LogP contribution is -2.13. The van der Waals surface area contributed by atoms with Crippen LogP contribution in [0.1, 0.15) is 72.1 Å². The molecule has 0 bridgehead atoms. The normalized spacial score (nSPS) is 13.3. The molecule has 0 N–H and O–H groups in total. The van der Waals surface area contributed by atoms with Crippen LogP contribution in [0.2, 0.25) is 0 Å². The van der Waals surface area contributed by atoms with Crippen LogP contribution >= 0.6 is 21.6 Å². The molecular formula is C14H30S2. The second-order valence-electron chi connectivity index (χ2n) is 4.72. The summed E-state index contributed by atoms with van der Waals surface area (Å²) in [5.41, 5.74) is 0. The third-order valence-electron chi connectivity index (χ3n) is 3.27. The molecule has 1 unspecified atom stereocenters. The highest BCUT2D eigenvalue weighted by Gasteiger charge is 2.16. The highest BCUT2D eigenvalue weighted by atomic mass is 33.1. The predicted octanol–water partition coefficient (Wildman–Crippen LogP) is 6.16.